The number of hydrogen-bond donors (Lipinski definition) is 1. The lowest BCUT2D eigenvalue weighted by Crippen LogP contribution is -2.69. The number of benzene rings is 2. The number of hydrogen-bond acceptors (Lipinski definition) is 5. The van der Waals surface area contributed by atoms with Gasteiger partial charge in [-0.1, -0.05) is 18.2 Å². The summed E-state index contributed by atoms with van der Waals surface area (Å²) < 4.78 is 16.3. The Labute approximate surface area is 183 Å². The van der Waals surface area contributed by atoms with E-state index in [2.05, 4.69) is 5.32 Å². The number of fused-ring (bicyclic) bond motifs is 1. The zero-order valence-corrected chi connectivity index (χ0v) is 19.4. The van der Waals surface area contributed by atoms with E-state index < -0.39 is 28.9 Å². The van der Waals surface area contributed by atoms with Crippen LogP contribution in [0.25, 0.3) is 10.8 Å². The summed E-state index contributed by atoms with van der Waals surface area (Å²) >= 11 is 0. The number of nitrogens with one attached hydrogen (secondary N) is 1. The summed E-state index contributed by atoms with van der Waals surface area (Å²) in [4.78, 5) is 26.7. The molecule has 0 spiro atoms. The van der Waals surface area contributed by atoms with E-state index >= 15 is 0 Å². The van der Waals surface area contributed by atoms with Crippen molar-refractivity contribution in [3.05, 3.63) is 42.0 Å². The molecule has 2 amide bonds. The van der Waals surface area contributed by atoms with E-state index in [1.165, 1.54) is 0 Å². The van der Waals surface area contributed by atoms with E-state index in [-0.39, 0.29) is 0 Å². The van der Waals surface area contributed by atoms with Crippen molar-refractivity contribution < 1.29 is 23.8 Å². The lowest BCUT2D eigenvalue weighted by molar-refractivity contribution is -0.0229. The Bertz CT molecular complexity index is 982. The second-order valence-electron chi connectivity index (χ2n) is 9.97. The second-order valence-corrected chi connectivity index (χ2v) is 9.97. The summed E-state index contributed by atoms with van der Waals surface area (Å²) in [6.07, 6.45) is -0.925. The highest BCUT2D eigenvalue weighted by atomic mass is 16.6. The van der Waals surface area contributed by atoms with Crippen molar-refractivity contribution in [2.75, 3.05) is 20.2 Å². The zero-order chi connectivity index (χ0) is 23.0. The molecule has 2 aromatic rings. The number of amides is 2. The highest BCUT2D eigenvalue weighted by Gasteiger charge is 2.49. The average Bonchev–Trinajstić information content (AvgIpc) is 2.60. The molecule has 1 saturated heterocycles. The minimum absolute atomic E-state index is 0.294. The molecule has 0 unspecified atom stereocenters. The van der Waals surface area contributed by atoms with E-state index in [4.69, 9.17) is 14.2 Å². The largest absolute Gasteiger partial charge is 0.497 e. The van der Waals surface area contributed by atoms with E-state index in [9.17, 15) is 9.59 Å². The monoisotopic (exact) mass is 428 g/mol. The smallest absolute Gasteiger partial charge is 0.410 e. The number of methoxy groups -OCH3 is 1. The van der Waals surface area contributed by atoms with Crippen molar-refractivity contribution in [3.63, 3.8) is 0 Å². The molecule has 0 aromatic heterocycles. The van der Waals surface area contributed by atoms with Gasteiger partial charge in [0.05, 0.1) is 20.2 Å². The molecule has 7 nitrogen and oxygen atoms in total. The Morgan fingerprint density at radius 2 is 1.48 bits per heavy atom. The van der Waals surface area contributed by atoms with Gasteiger partial charge in [0, 0.05) is 0 Å². The van der Waals surface area contributed by atoms with Gasteiger partial charge >= 0.3 is 12.2 Å². The highest BCUT2D eigenvalue weighted by Crippen LogP contribution is 2.35. The fourth-order valence-corrected chi connectivity index (χ4v) is 3.54. The molecule has 2 aromatic carbocycles. The van der Waals surface area contributed by atoms with Gasteiger partial charge in [0.15, 0.2) is 0 Å². The highest BCUT2D eigenvalue weighted by molar-refractivity contribution is 5.85. The van der Waals surface area contributed by atoms with Crippen molar-refractivity contribution in [3.8, 4) is 5.75 Å². The van der Waals surface area contributed by atoms with Crippen LogP contribution in [0.5, 0.6) is 5.75 Å². The molecule has 1 fully saturated rings. The van der Waals surface area contributed by atoms with Crippen molar-refractivity contribution in [1.82, 2.24) is 10.2 Å². The van der Waals surface area contributed by atoms with Crippen molar-refractivity contribution >= 4 is 23.0 Å². The van der Waals surface area contributed by atoms with Gasteiger partial charge in [-0.25, -0.2) is 9.59 Å². The number of nitrogens with zero attached hydrogens (tertiary/aromatic N) is 1. The van der Waals surface area contributed by atoms with Crippen LogP contribution in [0.15, 0.2) is 36.4 Å². The summed E-state index contributed by atoms with van der Waals surface area (Å²) in [5.41, 5.74) is -1.07. The fraction of sp³-hybridized carbons (Fsp3) is 0.500. The van der Waals surface area contributed by atoms with E-state index in [1.807, 2.05) is 77.9 Å². The minimum atomic E-state index is -0.757. The number of alkyl carbamates (subject to hydrolysis) is 1. The first-order valence-corrected chi connectivity index (χ1v) is 10.4. The van der Waals surface area contributed by atoms with E-state index in [0.29, 0.717) is 13.1 Å². The van der Waals surface area contributed by atoms with Gasteiger partial charge in [0.2, 0.25) is 0 Å². The maximum absolute atomic E-state index is 12.6. The first-order valence-electron chi connectivity index (χ1n) is 10.4. The zero-order valence-electron chi connectivity index (χ0n) is 19.4. The Morgan fingerprint density at radius 1 is 0.903 bits per heavy atom. The molecule has 7 heteroatoms. The van der Waals surface area contributed by atoms with Gasteiger partial charge in [-0.15, -0.1) is 0 Å². The topological polar surface area (TPSA) is 77.1 Å². The van der Waals surface area contributed by atoms with Crippen LogP contribution in [0.2, 0.25) is 0 Å². The predicted octanol–water partition coefficient (Wildman–Crippen LogP) is 4.82. The number of carbonyl (C=O) groups excluding carboxylic acids is 2. The summed E-state index contributed by atoms with van der Waals surface area (Å²) in [5, 5.41) is 5.04. The molecule has 0 bridgehead atoms. The van der Waals surface area contributed by atoms with Crippen LogP contribution < -0.4 is 10.1 Å². The first-order chi connectivity index (χ1) is 14.3. The summed E-state index contributed by atoms with van der Waals surface area (Å²) in [5.74, 6) is 0.779. The lowest BCUT2D eigenvalue weighted by atomic mass is 9.81. The number of likely N-dealkylation sites (tertiary alicyclic amines) is 1. The van der Waals surface area contributed by atoms with Crippen LogP contribution in [-0.4, -0.2) is 48.5 Å². The molecule has 0 atom stereocenters. The molecule has 1 N–H and O–H groups in total. The Hall–Kier alpha value is -2.96. The van der Waals surface area contributed by atoms with Crippen LogP contribution in [0.3, 0.4) is 0 Å². The number of carbonyl (C=O) groups is 2. The fourth-order valence-electron chi connectivity index (χ4n) is 3.54. The first kappa shape index (κ1) is 22.7. The van der Waals surface area contributed by atoms with Crippen LogP contribution in [0.1, 0.15) is 47.1 Å². The summed E-state index contributed by atoms with van der Waals surface area (Å²) in [6, 6.07) is 11.8. The quantitative estimate of drug-likeness (QED) is 0.758. The molecule has 3 rings (SSSR count). The molecule has 1 heterocycles. The molecule has 168 valence electrons. The SMILES string of the molecule is COc1ccc2cc(C3(NC(=O)OC(C)(C)C)CN(C(=O)OC(C)(C)C)C3)ccc2c1. The van der Waals surface area contributed by atoms with Crippen molar-refractivity contribution in [2.24, 2.45) is 0 Å². The number of ether oxygens (including phenoxy) is 3. The van der Waals surface area contributed by atoms with Crippen molar-refractivity contribution in [2.45, 2.75) is 58.3 Å². The number of rotatable bonds is 3. The van der Waals surface area contributed by atoms with Gasteiger partial charge in [-0.2, -0.15) is 0 Å². The van der Waals surface area contributed by atoms with Gasteiger partial charge < -0.3 is 24.4 Å². The third-order valence-corrected chi connectivity index (χ3v) is 4.91. The lowest BCUT2D eigenvalue weighted by Gasteiger charge is -2.50. The maximum atomic E-state index is 12.6. The Kier molecular flexibility index (Phi) is 5.82. The van der Waals surface area contributed by atoms with Crippen LogP contribution in [0, 0.1) is 0 Å². The summed E-state index contributed by atoms with van der Waals surface area (Å²) in [7, 11) is 1.63. The maximum Gasteiger partial charge on any atom is 0.410 e. The third-order valence-electron chi connectivity index (χ3n) is 4.91. The average molecular weight is 429 g/mol. The van der Waals surface area contributed by atoms with Crippen LogP contribution in [0.4, 0.5) is 9.59 Å². The molecular formula is C24H32N2O5. The van der Waals surface area contributed by atoms with Crippen molar-refractivity contribution in [1.29, 1.82) is 0 Å². The molecule has 0 aliphatic carbocycles. The standard InChI is InChI=1S/C24H32N2O5/c1-22(2,3)30-20(27)25-24(14-26(15-24)21(28)31-23(4,5)6)18-10-8-17-13-19(29-7)11-9-16(17)12-18/h8-13H,14-15H2,1-7H3,(H,25,27). The molecule has 1 aliphatic heterocycles. The van der Waals surface area contributed by atoms with E-state index in [1.54, 1.807) is 12.0 Å². The van der Waals surface area contributed by atoms with Crippen LogP contribution in [-0.2, 0) is 15.0 Å². The molecule has 0 radical (unpaired) electrons. The molecule has 31 heavy (non-hydrogen) atoms. The van der Waals surface area contributed by atoms with Crippen LogP contribution >= 0.6 is 0 Å². The predicted molar refractivity (Wildman–Crippen MR) is 119 cm³/mol. The van der Waals surface area contributed by atoms with Gasteiger partial charge in [0.1, 0.15) is 22.5 Å². The molecule has 1 aliphatic rings. The minimum Gasteiger partial charge on any atom is -0.497 e. The van der Waals surface area contributed by atoms with Gasteiger partial charge in [-0.05, 0) is 76.1 Å². The Balaban J connectivity index is 1.89. The van der Waals surface area contributed by atoms with E-state index in [0.717, 1.165) is 22.1 Å². The normalized spacial score (nSPS) is 15.8. The molecular weight excluding hydrogens is 396 g/mol. The van der Waals surface area contributed by atoms with Gasteiger partial charge in [-0.3, -0.25) is 0 Å². The van der Waals surface area contributed by atoms with Gasteiger partial charge in [0.25, 0.3) is 0 Å². The Morgan fingerprint density at radius 3 is 2.06 bits per heavy atom. The third kappa shape index (κ3) is 5.40. The summed E-state index contributed by atoms with van der Waals surface area (Å²) in [6.45, 7) is 11.5. The second kappa shape index (κ2) is 7.94. The molecule has 0 saturated carbocycles.